The number of rotatable bonds is 8. The molecule has 0 saturated heterocycles. The molecule has 2 aromatic carbocycles. The molecule has 36 heavy (non-hydrogen) atoms. The molecule has 2 spiro atoms. The lowest BCUT2D eigenvalue weighted by molar-refractivity contribution is -0.00251. The van der Waals surface area contributed by atoms with Gasteiger partial charge in [0.15, 0.2) is 0 Å². The van der Waals surface area contributed by atoms with Crippen molar-refractivity contribution >= 4 is 23.2 Å². The summed E-state index contributed by atoms with van der Waals surface area (Å²) in [7, 11) is 3.38. The molecule has 0 atom stereocenters. The Labute approximate surface area is 212 Å². The Morgan fingerprint density at radius 3 is 1.47 bits per heavy atom. The van der Waals surface area contributed by atoms with Gasteiger partial charge in [-0.1, -0.05) is 24.3 Å². The SMILES string of the molecule is COCCCN1C(=O)c2ccccc2NC12CCC1(CC2)Nc2ccccc2C(=O)N1CCCOC. The Balaban J connectivity index is 1.45. The van der Waals surface area contributed by atoms with Gasteiger partial charge in [0, 0.05) is 51.9 Å². The summed E-state index contributed by atoms with van der Waals surface area (Å²) in [5.74, 6) is 0.123. The van der Waals surface area contributed by atoms with E-state index < -0.39 is 11.3 Å². The van der Waals surface area contributed by atoms with Crippen LogP contribution in [0.15, 0.2) is 48.5 Å². The molecule has 3 aliphatic rings. The number of hydrogen-bond acceptors (Lipinski definition) is 6. The number of methoxy groups -OCH3 is 2. The maximum atomic E-state index is 13.7. The maximum Gasteiger partial charge on any atom is 0.257 e. The predicted molar refractivity (Wildman–Crippen MR) is 139 cm³/mol. The molecule has 2 amide bonds. The topological polar surface area (TPSA) is 83.1 Å². The van der Waals surface area contributed by atoms with Crippen LogP contribution in [0.5, 0.6) is 0 Å². The minimum atomic E-state index is -0.496. The number of hydrogen-bond donors (Lipinski definition) is 2. The number of nitrogens with zero attached hydrogens (tertiary/aromatic N) is 2. The Bertz CT molecular complexity index is 1020. The summed E-state index contributed by atoms with van der Waals surface area (Å²) in [6.45, 7) is 2.44. The van der Waals surface area contributed by atoms with Crippen molar-refractivity contribution in [2.75, 3.05) is 51.2 Å². The minimum absolute atomic E-state index is 0.0615. The molecule has 2 heterocycles. The van der Waals surface area contributed by atoms with Crippen LogP contribution in [-0.2, 0) is 9.47 Å². The average Bonchev–Trinajstić information content (AvgIpc) is 2.90. The van der Waals surface area contributed by atoms with Crippen LogP contribution >= 0.6 is 0 Å². The first-order valence-corrected chi connectivity index (χ1v) is 12.9. The van der Waals surface area contributed by atoms with Crippen molar-refractivity contribution in [1.29, 1.82) is 0 Å². The van der Waals surface area contributed by atoms with Gasteiger partial charge in [-0.05, 0) is 62.8 Å². The van der Waals surface area contributed by atoms with Crippen LogP contribution in [0.1, 0.15) is 59.2 Å². The fraction of sp³-hybridized carbons (Fsp3) is 0.500. The third-order valence-electron chi connectivity index (χ3n) is 7.94. The zero-order valence-corrected chi connectivity index (χ0v) is 21.2. The highest BCUT2D eigenvalue weighted by Crippen LogP contribution is 2.47. The number of anilines is 2. The van der Waals surface area contributed by atoms with E-state index in [1.165, 1.54) is 0 Å². The minimum Gasteiger partial charge on any atom is -0.385 e. The van der Waals surface area contributed by atoms with E-state index in [1.54, 1.807) is 14.2 Å². The van der Waals surface area contributed by atoms with Crippen molar-refractivity contribution in [1.82, 2.24) is 9.80 Å². The quantitative estimate of drug-likeness (QED) is 0.539. The van der Waals surface area contributed by atoms with Crippen LogP contribution in [0.3, 0.4) is 0 Å². The van der Waals surface area contributed by atoms with Crippen LogP contribution in [0.2, 0.25) is 0 Å². The maximum absolute atomic E-state index is 13.7. The van der Waals surface area contributed by atoms with E-state index in [1.807, 2.05) is 58.3 Å². The number of carbonyl (C=O) groups excluding carboxylic acids is 2. The largest absolute Gasteiger partial charge is 0.385 e. The summed E-state index contributed by atoms with van der Waals surface area (Å²) < 4.78 is 10.6. The van der Waals surface area contributed by atoms with Crippen LogP contribution in [0, 0.1) is 0 Å². The van der Waals surface area contributed by atoms with Crippen LogP contribution in [-0.4, -0.2) is 73.5 Å². The number of fused-ring (bicyclic) bond motifs is 2. The smallest absolute Gasteiger partial charge is 0.257 e. The normalized spacial score (nSPS) is 24.9. The van der Waals surface area contributed by atoms with Gasteiger partial charge < -0.3 is 29.9 Å². The summed E-state index contributed by atoms with van der Waals surface area (Å²) in [4.78, 5) is 31.3. The van der Waals surface area contributed by atoms with E-state index in [2.05, 4.69) is 10.6 Å². The molecular weight excluding hydrogens is 456 g/mol. The highest BCUT2D eigenvalue weighted by molar-refractivity contribution is 6.03. The fourth-order valence-electron chi connectivity index (χ4n) is 6.11. The summed E-state index contributed by atoms with van der Waals surface area (Å²) in [6.07, 6.45) is 4.44. The Kier molecular flexibility index (Phi) is 6.90. The van der Waals surface area contributed by atoms with Crippen LogP contribution in [0.4, 0.5) is 11.4 Å². The van der Waals surface area contributed by atoms with Crippen molar-refractivity contribution in [2.24, 2.45) is 0 Å². The third kappa shape index (κ3) is 4.22. The van der Waals surface area contributed by atoms with Gasteiger partial charge in [0.2, 0.25) is 0 Å². The molecule has 8 nitrogen and oxygen atoms in total. The lowest BCUT2D eigenvalue weighted by Crippen LogP contribution is -2.68. The molecule has 1 aliphatic carbocycles. The summed E-state index contributed by atoms with van der Waals surface area (Å²) in [5.41, 5.74) is 2.20. The van der Waals surface area contributed by atoms with Crippen LogP contribution < -0.4 is 10.6 Å². The van der Waals surface area contributed by atoms with Gasteiger partial charge in [0.05, 0.1) is 11.1 Å². The zero-order valence-electron chi connectivity index (χ0n) is 21.2. The average molecular weight is 493 g/mol. The van der Waals surface area contributed by atoms with Crippen molar-refractivity contribution in [3.8, 4) is 0 Å². The summed E-state index contributed by atoms with van der Waals surface area (Å²) in [5, 5.41) is 7.50. The molecule has 1 saturated carbocycles. The van der Waals surface area contributed by atoms with Gasteiger partial charge in [-0.2, -0.15) is 0 Å². The molecule has 0 unspecified atom stereocenters. The number of ether oxygens (including phenoxy) is 2. The van der Waals surface area contributed by atoms with E-state index in [0.717, 1.165) is 49.9 Å². The zero-order chi connectivity index (χ0) is 25.2. The van der Waals surface area contributed by atoms with Gasteiger partial charge in [-0.3, -0.25) is 9.59 Å². The number of nitrogens with one attached hydrogen (secondary N) is 2. The van der Waals surface area contributed by atoms with Crippen molar-refractivity contribution in [3.63, 3.8) is 0 Å². The van der Waals surface area contributed by atoms with E-state index in [0.29, 0.717) is 37.4 Å². The molecule has 192 valence electrons. The first-order chi connectivity index (χ1) is 17.5. The number of para-hydroxylation sites is 2. The van der Waals surface area contributed by atoms with E-state index >= 15 is 0 Å². The Hall–Kier alpha value is -3.10. The second-order valence-corrected chi connectivity index (χ2v) is 10.0. The van der Waals surface area contributed by atoms with E-state index in [9.17, 15) is 9.59 Å². The van der Waals surface area contributed by atoms with E-state index in [-0.39, 0.29) is 11.8 Å². The summed E-state index contributed by atoms with van der Waals surface area (Å²) in [6, 6.07) is 15.5. The van der Waals surface area contributed by atoms with Crippen molar-refractivity contribution < 1.29 is 19.1 Å². The summed E-state index contributed by atoms with van der Waals surface area (Å²) >= 11 is 0. The highest BCUT2D eigenvalue weighted by Gasteiger charge is 2.54. The molecule has 8 heteroatoms. The van der Waals surface area contributed by atoms with Crippen molar-refractivity contribution in [2.45, 2.75) is 49.9 Å². The van der Waals surface area contributed by atoms with Crippen LogP contribution in [0.25, 0.3) is 0 Å². The molecule has 0 aromatic heterocycles. The molecule has 1 fully saturated rings. The fourth-order valence-corrected chi connectivity index (χ4v) is 6.11. The van der Waals surface area contributed by atoms with Gasteiger partial charge in [-0.25, -0.2) is 0 Å². The molecular formula is C28H36N4O4. The first kappa shape index (κ1) is 24.6. The third-order valence-corrected chi connectivity index (χ3v) is 7.94. The monoisotopic (exact) mass is 492 g/mol. The molecule has 2 N–H and O–H groups in total. The van der Waals surface area contributed by atoms with Gasteiger partial charge >= 0.3 is 0 Å². The molecule has 0 radical (unpaired) electrons. The van der Waals surface area contributed by atoms with Gasteiger partial charge in [0.25, 0.3) is 11.8 Å². The number of amides is 2. The standard InChI is InChI=1S/C28H36N4O4/c1-35-19-7-17-31-25(33)21-9-3-5-11-23(21)29-27(31)13-15-28(16-14-27)30-24-12-6-4-10-22(24)26(34)32(28)18-8-20-36-2/h3-6,9-12,29-30H,7-8,13-20H2,1-2H3. The second kappa shape index (κ2) is 10.1. The second-order valence-electron chi connectivity index (χ2n) is 10.0. The molecule has 2 aromatic rings. The number of benzene rings is 2. The first-order valence-electron chi connectivity index (χ1n) is 12.9. The lowest BCUT2D eigenvalue weighted by Gasteiger charge is -2.58. The van der Waals surface area contributed by atoms with E-state index in [4.69, 9.17) is 9.47 Å². The number of carbonyl (C=O) groups is 2. The molecule has 2 aliphatic heterocycles. The Morgan fingerprint density at radius 1 is 0.694 bits per heavy atom. The van der Waals surface area contributed by atoms with Gasteiger partial charge in [-0.15, -0.1) is 0 Å². The Morgan fingerprint density at radius 2 is 1.08 bits per heavy atom. The lowest BCUT2D eigenvalue weighted by atomic mass is 9.76. The molecule has 0 bridgehead atoms. The predicted octanol–water partition coefficient (Wildman–Crippen LogP) is 4.16. The van der Waals surface area contributed by atoms with Crippen molar-refractivity contribution in [3.05, 3.63) is 59.7 Å². The van der Waals surface area contributed by atoms with Gasteiger partial charge in [0.1, 0.15) is 11.3 Å². The molecule has 5 rings (SSSR count). The highest BCUT2D eigenvalue weighted by atomic mass is 16.5.